The largest absolute Gasteiger partial charge is 0.480 e. The maximum atomic E-state index is 12.0. The van der Waals surface area contributed by atoms with E-state index in [9.17, 15) is 9.59 Å². The lowest BCUT2D eigenvalue weighted by Gasteiger charge is -2.33. The molecule has 1 rings (SSSR count). The molecule has 6 nitrogen and oxygen atoms in total. The number of thiazole rings is 1. The zero-order chi connectivity index (χ0) is 13.9. The van der Waals surface area contributed by atoms with Crippen molar-refractivity contribution < 1.29 is 14.7 Å². The van der Waals surface area contributed by atoms with E-state index in [1.54, 1.807) is 27.0 Å². The fourth-order valence-corrected chi connectivity index (χ4v) is 2.32. The van der Waals surface area contributed by atoms with Crippen molar-refractivity contribution in [2.75, 3.05) is 11.9 Å². The van der Waals surface area contributed by atoms with Gasteiger partial charge in [-0.15, -0.1) is 0 Å². The first-order valence-corrected chi connectivity index (χ1v) is 6.73. The molecule has 1 aromatic heterocycles. The minimum absolute atomic E-state index is 0.359. The van der Waals surface area contributed by atoms with Crippen molar-refractivity contribution in [1.82, 2.24) is 9.88 Å². The number of carboxylic acids is 1. The van der Waals surface area contributed by atoms with Gasteiger partial charge in [-0.25, -0.2) is 9.78 Å². The molecular formula is C10H14BrN3O3S. The molecule has 2 N–H and O–H groups in total. The first-order valence-electron chi connectivity index (χ1n) is 5.12. The Morgan fingerprint density at radius 2 is 2.17 bits per heavy atom. The van der Waals surface area contributed by atoms with Crippen molar-refractivity contribution in [3.63, 3.8) is 0 Å². The molecule has 0 fully saturated rings. The van der Waals surface area contributed by atoms with Gasteiger partial charge in [0.05, 0.1) is 9.98 Å². The number of hydrogen-bond donors (Lipinski definition) is 2. The van der Waals surface area contributed by atoms with Crippen molar-refractivity contribution in [2.45, 2.75) is 26.3 Å². The van der Waals surface area contributed by atoms with E-state index in [4.69, 9.17) is 5.11 Å². The molecule has 18 heavy (non-hydrogen) atoms. The number of aliphatic carboxylic acids is 1. The number of anilines is 1. The van der Waals surface area contributed by atoms with Crippen molar-refractivity contribution >= 4 is 44.4 Å². The van der Waals surface area contributed by atoms with E-state index in [1.807, 2.05) is 0 Å². The summed E-state index contributed by atoms with van der Waals surface area (Å²) in [6.45, 7) is 4.95. The van der Waals surface area contributed by atoms with Crippen molar-refractivity contribution in [3.8, 4) is 0 Å². The normalized spacial score (nSPS) is 11.1. The summed E-state index contributed by atoms with van der Waals surface area (Å²) in [5.41, 5.74) is -0.586. The van der Waals surface area contributed by atoms with E-state index in [2.05, 4.69) is 26.2 Å². The Balaban J connectivity index is 2.80. The number of rotatable bonds is 3. The van der Waals surface area contributed by atoms with Gasteiger partial charge in [-0.2, -0.15) is 0 Å². The summed E-state index contributed by atoms with van der Waals surface area (Å²) in [4.78, 5) is 28.0. The topological polar surface area (TPSA) is 82.5 Å². The van der Waals surface area contributed by atoms with Gasteiger partial charge in [0, 0.05) is 5.54 Å². The molecule has 100 valence electrons. The third kappa shape index (κ3) is 4.26. The second-order valence-electron chi connectivity index (χ2n) is 4.55. The van der Waals surface area contributed by atoms with E-state index in [-0.39, 0.29) is 6.54 Å². The van der Waals surface area contributed by atoms with Crippen LogP contribution in [0.3, 0.4) is 0 Å². The number of carbonyl (C=O) groups excluding carboxylic acids is 1. The van der Waals surface area contributed by atoms with Gasteiger partial charge < -0.3 is 10.0 Å². The van der Waals surface area contributed by atoms with Crippen LogP contribution in [0.4, 0.5) is 9.93 Å². The molecule has 1 aromatic rings. The van der Waals surface area contributed by atoms with Gasteiger partial charge in [0.15, 0.2) is 5.13 Å². The van der Waals surface area contributed by atoms with Gasteiger partial charge in [-0.1, -0.05) is 11.3 Å². The fraction of sp³-hybridized carbons (Fsp3) is 0.500. The van der Waals surface area contributed by atoms with Gasteiger partial charge in [0.2, 0.25) is 0 Å². The monoisotopic (exact) mass is 335 g/mol. The Labute approximate surface area is 117 Å². The standard InChI is InChI=1S/C10H14BrN3O3S/c1-10(2,3)14(5-7(15)16)9(17)13-8-12-4-6(11)18-8/h4H,5H2,1-3H3,(H,15,16)(H,12,13,17). The van der Waals surface area contributed by atoms with Crippen LogP contribution in [0.5, 0.6) is 0 Å². The molecule has 0 saturated heterocycles. The lowest BCUT2D eigenvalue weighted by atomic mass is 10.1. The lowest BCUT2D eigenvalue weighted by molar-refractivity contribution is -0.138. The van der Waals surface area contributed by atoms with Crippen LogP contribution in [0.15, 0.2) is 9.98 Å². The summed E-state index contributed by atoms with van der Waals surface area (Å²) in [6.07, 6.45) is 1.57. The van der Waals surface area contributed by atoms with Gasteiger partial charge in [0.25, 0.3) is 0 Å². The highest BCUT2D eigenvalue weighted by Crippen LogP contribution is 2.24. The second-order valence-corrected chi connectivity index (χ2v) is 6.96. The highest BCUT2D eigenvalue weighted by molar-refractivity contribution is 9.11. The zero-order valence-electron chi connectivity index (χ0n) is 10.2. The van der Waals surface area contributed by atoms with Crippen molar-refractivity contribution in [2.24, 2.45) is 0 Å². The number of hydrogen-bond acceptors (Lipinski definition) is 4. The average Bonchev–Trinajstić information content (AvgIpc) is 2.58. The minimum atomic E-state index is -1.06. The van der Waals surface area contributed by atoms with E-state index in [0.29, 0.717) is 5.13 Å². The van der Waals surface area contributed by atoms with Crippen LogP contribution in [0.25, 0.3) is 0 Å². The molecule has 0 saturated carbocycles. The quantitative estimate of drug-likeness (QED) is 0.889. The Hall–Kier alpha value is -1.15. The molecule has 0 spiro atoms. The number of aromatic nitrogens is 1. The molecule has 0 radical (unpaired) electrons. The zero-order valence-corrected chi connectivity index (χ0v) is 12.6. The number of carboxylic acid groups (broad SMARTS) is 1. The SMILES string of the molecule is CC(C)(C)N(CC(=O)O)C(=O)Nc1ncc(Br)s1. The summed E-state index contributed by atoms with van der Waals surface area (Å²) < 4.78 is 0.790. The van der Waals surface area contributed by atoms with Crippen LogP contribution in [-0.2, 0) is 4.79 Å². The lowest BCUT2D eigenvalue weighted by Crippen LogP contribution is -2.50. The number of carbonyl (C=O) groups is 2. The molecule has 0 atom stereocenters. The van der Waals surface area contributed by atoms with Crippen LogP contribution >= 0.6 is 27.3 Å². The fourth-order valence-electron chi connectivity index (χ4n) is 1.22. The van der Waals surface area contributed by atoms with E-state index < -0.39 is 17.5 Å². The molecule has 1 heterocycles. The van der Waals surface area contributed by atoms with E-state index in [1.165, 1.54) is 16.2 Å². The molecule has 0 aliphatic rings. The Morgan fingerprint density at radius 1 is 1.56 bits per heavy atom. The number of urea groups is 1. The number of halogens is 1. The number of nitrogens with one attached hydrogen (secondary N) is 1. The summed E-state index contributed by atoms with van der Waals surface area (Å²) >= 11 is 4.50. The van der Waals surface area contributed by atoms with Gasteiger partial charge in [-0.3, -0.25) is 10.1 Å². The van der Waals surface area contributed by atoms with Crippen molar-refractivity contribution in [1.29, 1.82) is 0 Å². The third-order valence-corrected chi connectivity index (χ3v) is 3.43. The molecule has 2 amide bonds. The Bertz CT molecular complexity index is 455. The van der Waals surface area contributed by atoms with E-state index in [0.717, 1.165) is 3.79 Å². The molecule has 0 unspecified atom stereocenters. The van der Waals surface area contributed by atoms with Crippen LogP contribution in [0.2, 0.25) is 0 Å². The highest BCUT2D eigenvalue weighted by Gasteiger charge is 2.28. The molecular weight excluding hydrogens is 322 g/mol. The van der Waals surface area contributed by atoms with Crippen LogP contribution < -0.4 is 5.32 Å². The molecule has 0 aromatic carbocycles. The smallest absolute Gasteiger partial charge is 0.324 e. The van der Waals surface area contributed by atoms with Crippen molar-refractivity contribution in [3.05, 3.63) is 9.98 Å². The molecule has 8 heteroatoms. The van der Waals surface area contributed by atoms with Crippen LogP contribution in [0, 0.1) is 0 Å². The molecule has 0 aliphatic heterocycles. The summed E-state index contributed by atoms with van der Waals surface area (Å²) in [7, 11) is 0. The number of amides is 2. The van der Waals surface area contributed by atoms with Crippen LogP contribution in [-0.4, -0.2) is 39.1 Å². The highest BCUT2D eigenvalue weighted by atomic mass is 79.9. The summed E-state index contributed by atoms with van der Waals surface area (Å²) in [6, 6.07) is -0.480. The predicted molar refractivity (Wildman–Crippen MR) is 72.9 cm³/mol. The predicted octanol–water partition coefficient (Wildman–Crippen LogP) is 2.62. The Kier molecular flexibility index (Phi) is 4.69. The Morgan fingerprint density at radius 3 is 2.56 bits per heavy atom. The van der Waals surface area contributed by atoms with Gasteiger partial charge in [-0.05, 0) is 36.7 Å². The van der Waals surface area contributed by atoms with Crippen LogP contribution in [0.1, 0.15) is 20.8 Å². The first kappa shape index (κ1) is 14.9. The number of nitrogens with zero attached hydrogens (tertiary/aromatic N) is 2. The van der Waals surface area contributed by atoms with Gasteiger partial charge in [0.1, 0.15) is 6.54 Å². The molecule has 0 aliphatic carbocycles. The first-order chi connectivity index (χ1) is 8.20. The maximum absolute atomic E-state index is 12.0. The average molecular weight is 336 g/mol. The summed E-state index contributed by atoms with van der Waals surface area (Å²) in [5, 5.41) is 11.8. The minimum Gasteiger partial charge on any atom is -0.480 e. The molecule has 0 bridgehead atoms. The maximum Gasteiger partial charge on any atom is 0.324 e. The third-order valence-electron chi connectivity index (χ3n) is 2.04. The van der Waals surface area contributed by atoms with Gasteiger partial charge >= 0.3 is 12.0 Å². The summed E-state index contributed by atoms with van der Waals surface area (Å²) in [5.74, 6) is -1.06. The second kappa shape index (κ2) is 5.66. The van der Waals surface area contributed by atoms with E-state index >= 15 is 0 Å².